The molecule has 2 heterocycles. The fraction of sp³-hybridized carbons (Fsp3) is 0.269. The molecule has 0 aliphatic heterocycles. The molecule has 164 valence electrons. The lowest BCUT2D eigenvalue weighted by Crippen LogP contribution is -2.30. The quantitative estimate of drug-likeness (QED) is 0.436. The van der Waals surface area contributed by atoms with Crippen LogP contribution in [0.4, 0.5) is 5.69 Å². The smallest absolute Gasteiger partial charge is 0.265 e. The number of para-hydroxylation sites is 1. The number of pyridine rings is 1. The van der Waals surface area contributed by atoms with Gasteiger partial charge in [-0.3, -0.25) is 4.79 Å². The third kappa shape index (κ3) is 4.35. The number of fused-ring (bicyclic) bond motifs is 1. The minimum atomic E-state index is -0.710. The second-order valence-electron chi connectivity index (χ2n) is 8.33. The molecule has 1 N–H and O–H groups in total. The lowest BCUT2D eigenvalue weighted by Gasteiger charge is -2.15. The highest BCUT2D eigenvalue weighted by Gasteiger charge is 2.19. The number of hydrogen-bond acceptors (Lipinski definition) is 4. The topological polar surface area (TPSA) is 69.0 Å². The van der Waals surface area contributed by atoms with E-state index in [0.29, 0.717) is 17.4 Å². The monoisotopic (exact) mass is 428 g/mol. The van der Waals surface area contributed by atoms with Gasteiger partial charge in [0.2, 0.25) is 5.88 Å². The van der Waals surface area contributed by atoms with Gasteiger partial charge in [0.25, 0.3) is 5.91 Å². The molecular formula is C26H28N4O2. The van der Waals surface area contributed by atoms with Crippen molar-refractivity contribution in [3.8, 4) is 11.6 Å². The lowest BCUT2D eigenvalue weighted by atomic mass is 10.0. The van der Waals surface area contributed by atoms with Gasteiger partial charge in [-0.2, -0.15) is 10.1 Å². The van der Waals surface area contributed by atoms with Crippen molar-refractivity contribution >= 4 is 22.6 Å². The zero-order valence-electron chi connectivity index (χ0n) is 19.1. The standard InChI is InChI=1S/C26H28N4O2/c1-16(2)20-11-13-21(14-12-20)27-26(31)19(5)32-23-15-17(3)24-18(4)29-30(25(24)28-23)22-9-7-6-8-10-22/h6-16,19H,1-5H3,(H,27,31)/t19-/m0/s1. The average molecular weight is 429 g/mol. The van der Waals surface area contributed by atoms with Crippen LogP contribution in [0.2, 0.25) is 0 Å². The zero-order valence-corrected chi connectivity index (χ0v) is 19.1. The number of nitrogens with zero attached hydrogens (tertiary/aromatic N) is 3. The molecule has 0 aliphatic rings. The molecule has 1 atom stereocenters. The van der Waals surface area contributed by atoms with Gasteiger partial charge in [-0.15, -0.1) is 0 Å². The van der Waals surface area contributed by atoms with Crippen molar-refractivity contribution in [3.05, 3.63) is 77.5 Å². The van der Waals surface area contributed by atoms with Crippen LogP contribution in [0.25, 0.3) is 16.7 Å². The first-order valence-electron chi connectivity index (χ1n) is 10.8. The molecule has 32 heavy (non-hydrogen) atoms. The van der Waals surface area contributed by atoms with Gasteiger partial charge in [0, 0.05) is 17.1 Å². The van der Waals surface area contributed by atoms with Crippen LogP contribution < -0.4 is 10.1 Å². The third-order valence-electron chi connectivity index (χ3n) is 5.50. The fourth-order valence-electron chi connectivity index (χ4n) is 3.71. The first-order valence-corrected chi connectivity index (χ1v) is 10.8. The van der Waals surface area contributed by atoms with Crippen molar-refractivity contribution < 1.29 is 9.53 Å². The van der Waals surface area contributed by atoms with Gasteiger partial charge in [-0.05, 0) is 62.1 Å². The predicted octanol–water partition coefficient (Wildman–Crippen LogP) is 5.57. The van der Waals surface area contributed by atoms with Crippen molar-refractivity contribution in [2.24, 2.45) is 0 Å². The number of rotatable bonds is 6. The first-order chi connectivity index (χ1) is 15.3. The van der Waals surface area contributed by atoms with Crippen molar-refractivity contribution in [2.45, 2.75) is 46.6 Å². The molecule has 2 aromatic carbocycles. The molecule has 0 bridgehead atoms. The Bertz CT molecular complexity index is 1240. The summed E-state index contributed by atoms with van der Waals surface area (Å²) < 4.78 is 7.75. The molecule has 4 rings (SSSR count). The predicted molar refractivity (Wildman–Crippen MR) is 128 cm³/mol. The maximum atomic E-state index is 12.7. The maximum absolute atomic E-state index is 12.7. The van der Waals surface area contributed by atoms with E-state index in [0.717, 1.165) is 28.0 Å². The van der Waals surface area contributed by atoms with Crippen LogP contribution in [0.1, 0.15) is 43.5 Å². The summed E-state index contributed by atoms with van der Waals surface area (Å²) in [7, 11) is 0. The second-order valence-corrected chi connectivity index (χ2v) is 8.33. The molecule has 0 saturated carbocycles. The van der Waals surface area contributed by atoms with E-state index in [2.05, 4.69) is 24.3 Å². The van der Waals surface area contributed by atoms with Crippen LogP contribution in [-0.4, -0.2) is 26.8 Å². The fourth-order valence-corrected chi connectivity index (χ4v) is 3.71. The van der Waals surface area contributed by atoms with Crippen molar-refractivity contribution in [1.29, 1.82) is 0 Å². The number of ether oxygens (including phenoxy) is 1. The largest absolute Gasteiger partial charge is 0.464 e. The molecule has 0 spiro atoms. The third-order valence-corrected chi connectivity index (χ3v) is 5.50. The number of carbonyl (C=O) groups is 1. The molecule has 2 aromatic heterocycles. The van der Waals surface area contributed by atoms with Crippen LogP contribution in [0, 0.1) is 13.8 Å². The zero-order chi connectivity index (χ0) is 22.8. The number of amides is 1. The number of benzene rings is 2. The van der Waals surface area contributed by atoms with Gasteiger partial charge in [-0.1, -0.05) is 44.2 Å². The summed E-state index contributed by atoms with van der Waals surface area (Å²) >= 11 is 0. The molecular weight excluding hydrogens is 400 g/mol. The highest BCUT2D eigenvalue weighted by molar-refractivity contribution is 5.94. The Labute approximate surface area is 188 Å². The van der Waals surface area contributed by atoms with Gasteiger partial charge < -0.3 is 10.1 Å². The van der Waals surface area contributed by atoms with E-state index in [1.807, 2.05) is 79.2 Å². The van der Waals surface area contributed by atoms with E-state index in [9.17, 15) is 4.79 Å². The number of carbonyl (C=O) groups excluding carboxylic acids is 1. The summed E-state index contributed by atoms with van der Waals surface area (Å²) in [6.45, 7) is 9.97. The van der Waals surface area contributed by atoms with E-state index in [1.54, 1.807) is 6.92 Å². The molecule has 0 saturated heterocycles. The molecule has 0 fully saturated rings. The first kappa shape index (κ1) is 21.6. The molecule has 6 heteroatoms. The van der Waals surface area contributed by atoms with Crippen LogP contribution in [0.15, 0.2) is 60.7 Å². The van der Waals surface area contributed by atoms with Crippen LogP contribution in [0.3, 0.4) is 0 Å². The van der Waals surface area contributed by atoms with Gasteiger partial charge >= 0.3 is 0 Å². The van der Waals surface area contributed by atoms with Gasteiger partial charge in [0.1, 0.15) is 0 Å². The number of anilines is 1. The number of aryl methyl sites for hydroxylation is 2. The molecule has 0 aliphatic carbocycles. The number of hydrogen-bond donors (Lipinski definition) is 1. The summed E-state index contributed by atoms with van der Waals surface area (Å²) in [5, 5.41) is 8.57. The molecule has 0 radical (unpaired) electrons. The highest BCUT2D eigenvalue weighted by atomic mass is 16.5. The molecule has 0 unspecified atom stereocenters. The van der Waals surface area contributed by atoms with E-state index in [4.69, 9.17) is 9.72 Å². The van der Waals surface area contributed by atoms with Crippen LogP contribution in [-0.2, 0) is 4.79 Å². The summed E-state index contributed by atoms with van der Waals surface area (Å²) in [6.07, 6.45) is -0.710. The van der Waals surface area contributed by atoms with Crippen molar-refractivity contribution in [2.75, 3.05) is 5.32 Å². The van der Waals surface area contributed by atoms with Crippen LogP contribution in [0.5, 0.6) is 5.88 Å². The van der Waals surface area contributed by atoms with Gasteiger partial charge in [-0.25, -0.2) is 4.68 Å². The molecule has 1 amide bonds. The number of nitrogens with one attached hydrogen (secondary N) is 1. The minimum Gasteiger partial charge on any atom is -0.464 e. The van der Waals surface area contributed by atoms with Crippen molar-refractivity contribution in [1.82, 2.24) is 14.8 Å². The Morgan fingerprint density at radius 3 is 2.34 bits per heavy atom. The van der Waals surface area contributed by atoms with Crippen LogP contribution >= 0.6 is 0 Å². The summed E-state index contributed by atoms with van der Waals surface area (Å²) in [5.41, 5.74) is 5.50. The summed E-state index contributed by atoms with van der Waals surface area (Å²) in [4.78, 5) is 17.4. The Morgan fingerprint density at radius 2 is 1.69 bits per heavy atom. The Morgan fingerprint density at radius 1 is 1.00 bits per heavy atom. The second kappa shape index (κ2) is 8.83. The SMILES string of the molecule is Cc1cc(O[C@@H](C)C(=O)Nc2ccc(C(C)C)cc2)nc2c1c(C)nn2-c1ccccc1. The van der Waals surface area contributed by atoms with E-state index in [1.165, 1.54) is 5.56 Å². The summed E-state index contributed by atoms with van der Waals surface area (Å²) in [5.74, 6) is 0.610. The summed E-state index contributed by atoms with van der Waals surface area (Å²) in [6, 6.07) is 19.6. The van der Waals surface area contributed by atoms with E-state index >= 15 is 0 Å². The van der Waals surface area contributed by atoms with Gasteiger partial charge in [0.15, 0.2) is 11.8 Å². The van der Waals surface area contributed by atoms with E-state index < -0.39 is 6.10 Å². The Kier molecular flexibility index (Phi) is 5.95. The normalized spacial score (nSPS) is 12.2. The Balaban J connectivity index is 1.56. The maximum Gasteiger partial charge on any atom is 0.265 e. The van der Waals surface area contributed by atoms with Crippen molar-refractivity contribution in [3.63, 3.8) is 0 Å². The van der Waals surface area contributed by atoms with E-state index in [-0.39, 0.29) is 5.91 Å². The van der Waals surface area contributed by atoms with Gasteiger partial charge in [0.05, 0.1) is 11.4 Å². The lowest BCUT2D eigenvalue weighted by molar-refractivity contribution is -0.122. The highest BCUT2D eigenvalue weighted by Crippen LogP contribution is 2.27. The molecule has 4 aromatic rings. The Hall–Kier alpha value is -3.67. The average Bonchev–Trinajstić information content (AvgIpc) is 3.11. The minimum absolute atomic E-state index is 0.227. The molecule has 6 nitrogen and oxygen atoms in total. The number of aromatic nitrogens is 3.